The molecule has 3 aliphatic rings. The predicted octanol–water partition coefficient (Wildman–Crippen LogP) is -1.05. The number of β-lactam (4-membered cyclic amide) rings is 1. The normalized spacial score (nSPS) is 27.2. The monoisotopic (exact) mass is 419 g/mol. The molecule has 1 amide bonds. The number of carboxylic acid groups (broad SMARTS) is 3. The number of aliphatic carboxylic acids is 1. The van der Waals surface area contributed by atoms with Crippen LogP contribution in [0, 0.1) is 0 Å². The number of hydrogen-bond donors (Lipinski definition) is 1. The van der Waals surface area contributed by atoms with Crippen LogP contribution >= 0.6 is 11.8 Å². The largest absolute Gasteiger partial charge is 2.00 e. The minimum Gasteiger partial charge on any atom is -0.652 e. The molecule has 0 aromatic rings. The maximum Gasteiger partial charge on any atom is 2.00 e. The first-order valence-corrected chi connectivity index (χ1v) is 8.45. The molecular formula is C16H17CaN3O6S. The van der Waals surface area contributed by atoms with Crippen molar-refractivity contribution in [2.24, 2.45) is 4.99 Å². The Balaban J connectivity index is 0.000000666. The molecule has 2 fully saturated rings. The van der Waals surface area contributed by atoms with Crippen molar-refractivity contribution in [3.05, 3.63) is 36.7 Å². The Hall–Kier alpha value is -1.49. The third-order valence-electron chi connectivity index (χ3n) is 4.05. The van der Waals surface area contributed by atoms with Crippen molar-refractivity contribution < 1.29 is 29.7 Å². The van der Waals surface area contributed by atoms with Gasteiger partial charge in [-0.05, 0) is 32.2 Å². The van der Waals surface area contributed by atoms with E-state index in [0.717, 1.165) is 0 Å². The van der Waals surface area contributed by atoms with Crippen LogP contribution in [0.2, 0.25) is 0 Å². The Kier molecular flexibility index (Phi) is 7.97. The van der Waals surface area contributed by atoms with Gasteiger partial charge in [-0.3, -0.25) is 9.69 Å². The van der Waals surface area contributed by atoms with Gasteiger partial charge in [0.1, 0.15) is 0 Å². The average molecular weight is 419 g/mol. The van der Waals surface area contributed by atoms with E-state index in [0.29, 0.717) is 6.42 Å². The Labute approximate surface area is 190 Å². The van der Waals surface area contributed by atoms with Crippen LogP contribution < -0.4 is 10.2 Å². The summed E-state index contributed by atoms with van der Waals surface area (Å²) >= 11 is 1.49. The predicted molar refractivity (Wildman–Crippen MR) is 96.2 cm³/mol. The molecule has 0 unspecified atom stereocenters. The molecule has 0 bridgehead atoms. The molecule has 2 saturated heterocycles. The molecule has 3 heterocycles. The second-order valence-corrected chi connectivity index (χ2v) is 7.84. The van der Waals surface area contributed by atoms with E-state index >= 15 is 0 Å². The van der Waals surface area contributed by atoms with E-state index in [-0.39, 0.29) is 49.0 Å². The summed E-state index contributed by atoms with van der Waals surface area (Å²) in [7, 11) is 0. The summed E-state index contributed by atoms with van der Waals surface area (Å²) in [5.41, 5.74) is -1.57. The number of fused-ring (bicyclic) bond motifs is 1. The Morgan fingerprint density at radius 2 is 1.78 bits per heavy atom. The van der Waals surface area contributed by atoms with Crippen LogP contribution in [-0.2, 0) is 9.59 Å². The Bertz CT molecular complexity index is 716. The molecule has 1 N–H and O–H groups in total. The number of carbonyl (C=O) groups is 3. The van der Waals surface area contributed by atoms with Crippen LogP contribution in [0.25, 0.3) is 0 Å². The summed E-state index contributed by atoms with van der Waals surface area (Å²) in [6, 6.07) is 0. The Morgan fingerprint density at radius 1 is 1.26 bits per heavy atom. The first-order valence-electron chi connectivity index (χ1n) is 7.57. The third kappa shape index (κ3) is 4.68. The second kappa shape index (κ2) is 9.13. The van der Waals surface area contributed by atoms with Crippen molar-refractivity contribution in [2.75, 3.05) is 0 Å². The quantitative estimate of drug-likeness (QED) is 0.265. The standard InChI is InChI=1S/C15H17N3O3S.CH2O3.Ca/c1-14(2)15(13(20)21,18-11(19)9-12(18)22-14)16-10-17-7-5-3-4-6-8-17;2-1(3)4;/h3-8,10,12H,9H2,1-2H3,(H,20,21);(H2,2,3,4);/q;;+2/p-2/t12-,15+;;/m1../s1. The minimum atomic E-state index is -2.33. The summed E-state index contributed by atoms with van der Waals surface area (Å²) in [6.07, 6.45) is 10.4. The molecule has 3 rings (SSSR count). The summed E-state index contributed by atoms with van der Waals surface area (Å²) < 4.78 is -0.705. The summed E-state index contributed by atoms with van der Waals surface area (Å²) in [4.78, 5) is 39.7. The number of rotatable bonds is 3. The molecule has 140 valence electrons. The fraction of sp³-hybridized carbons (Fsp3) is 0.375. The van der Waals surface area contributed by atoms with Crippen molar-refractivity contribution in [1.29, 1.82) is 0 Å². The van der Waals surface area contributed by atoms with Crippen LogP contribution in [0.3, 0.4) is 0 Å². The van der Waals surface area contributed by atoms with E-state index < -0.39 is 22.5 Å². The fourth-order valence-corrected chi connectivity index (χ4v) is 4.60. The van der Waals surface area contributed by atoms with Gasteiger partial charge >= 0.3 is 43.7 Å². The van der Waals surface area contributed by atoms with E-state index in [2.05, 4.69) is 4.99 Å². The van der Waals surface area contributed by atoms with E-state index in [4.69, 9.17) is 15.0 Å². The molecule has 2 atom stereocenters. The van der Waals surface area contributed by atoms with Crippen LogP contribution in [0.5, 0.6) is 0 Å². The van der Waals surface area contributed by atoms with Crippen molar-refractivity contribution in [3.8, 4) is 0 Å². The maximum atomic E-state index is 12.0. The van der Waals surface area contributed by atoms with Gasteiger partial charge in [0.15, 0.2) is 0 Å². The summed E-state index contributed by atoms with van der Waals surface area (Å²) in [5.74, 6) is -1.26. The molecule has 0 spiro atoms. The minimum absolute atomic E-state index is 0. The first kappa shape index (κ1) is 23.5. The molecular weight excluding hydrogens is 402 g/mol. The molecule has 3 aliphatic heterocycles. The van der Waals surface area contributed by atoms with Gasteiger partial charge in [-0.1, -0.05) is 12.2 Å². The third-order valence-corrected chi connectivity index (χ3v) is 5.57. The van der Waals surface area contributed by atoms with Gasteiger partial charge in [-0.15, -0.1) is 11.8 Å². The smallest absolute Gasteiger partial charge is 0.652 e. The number of nitrogens with zero attached hydrogens (tertiary/aromatic N) is 3. The van der Waals surface area contributed by atoms with Gasteiger partial charge in [-0.25, -0.2) is 9.79 Å². The first-order chi connectivity index (χ1) is 12.1. The summed E-state index contributed by atoms with van der Waals surface area (Å²) in [5, 5.41) is 26.4. The number of thioether (sulfide) groups is 1. The molecule has 9 nitrogen and oxygen atoms in total. The van der Waals surface area contributed by atoms with Crippen molar-refractivity contribution in [3.63, 3.8) is 0 Å². The molecule has 0 aliphatic carbocycles. The van der Waals surface area contributed by atoms with Crippen LogP contribution in [-0.4, -0.2) is 92.8 Å². The maximum absolute atomic E-state index is 12.0. The zero-order valence-corrected chi connectivity index (χ0v) is 17.8. The molecule has 0 radical (unpaired) electrons. The average Bonchev–Trinajstić information content (AvgIpc) is 2.68. The van der Waals surface area contributed by atoms with E-state index in [1.807, 2.05) is 38.2 Å². The summed E-state index contributed by atoms with van der Waals surface area (Å²) in [6.45, 7) is 3.65. The van der Waals surface area contributed by atoms with Crippen molar-refractivity contribution in [1.82, 2.24) is 9.80 Å². The zero-order valence-electron chi connectivity index (χ0n) is 14.8. The van der Waals surface area contributed by atoms with Crippen LogP contribution in [0.15, 0.2) is 41.7 Å². The van der Waals surface area contributed by atoms with Gasteiger partial charge in [0, 0.05) is 12.4 Å². The van der Waals surface area contributed by atoms with Gasteiger partial charge in [0.05, 0.1) is 22.9 Å². The van der Waals surface area contributed by atoms with Gasteiger partial charge in [0.25, 0.3) is 0 Å². The number of carbonyl (C=O) groups excluding carboxylic acids is 2. The zero-order chi connectivity index (χ0) is 19.5. The van der Waals surface area contributed by atoms with Crippen molar-refractivity contribution >= 4 is 73.9 Å². The number of carboxylic acids is 1. The van der Waals surface area contributed by atoms with E-state index in [9.17, 15) is 14.7 Å². The van der Waals surface area contributed by atoms with E-state index in [1.54, 1.807) is 17.3 Å². The van der Waals surface area contributed by atoms with Gasteiger partial charge < -0.3 is 25.0 Å². The molecule has 27 heavy (non-hydrogen) atoms. The topological polar surface area (TPSA) is 136 Å². The molecule has 11 heteroatoms. The Morgan fingerprint density at radius 3 is 2.22 bits per heavy atom. The van der Waals surface area contributed by atoms with E-state index in [1.165, 1.54) is 23.0 Å². The second-order valence-electron chi connectivity index (χ2n) is 6.04. The molecule has 0 saturated carbocycles. The van der Waals surface area contributed by atoms with Gasteiger partial charge in [0.2, 0.25) is 11.6 Å². The molecule has 0 aromatic heterocycles. The van der Waals surface area contributed by atoms with Crippen molar-refractivity contribution in [2.45, 2.75) is 36.1 Å². The van der Waals surface area contributed by atoms with Crippen LogP contribution in [0.1, 0.15) is 20.3 Å². The SMILES string of the molecule is CC1(C)S[C@@H]2CC(=O)N2[C@@]1(N=CN1C=CC=CC=C1)C(=O)O.O=C([O-])[O-].[Ca+2]. The number of aliphatic imine (C=N–C) groups is 1. The number of hydrogen-bond acceptors (Lipinski definition) is 7. The fourth-order valence-electron chi connectivity index (χ4n) is 2.92. The number of amides is 1. The number of allylic oxidation sites excluding steroid dienone is 4. The van der Waals surface area contributed by atoms with Gasteiger partial charge in [-0.2, -0.15) is 0 Å². The van der Waals surface area contributed by atoms with Crippen LogP contribution in [0.4, 0.5) is 4.79 Å². The molecule has 0 aromatic carbocycles.